The highest BCUT2D eigenvalue weighted by Crippen LogP contribution is 2.28. The molecule has 1 N–H and O–H groups in total. The maximum absolute atomic E-state index is 9.09. The van der Waals surface area contributed by atoms with Crippen LogP contribution in [0.3, 0.4) is 0 Å². The summed E-state index contributed by atoms with van der Waals surface area (Å²) in [4.78, 5) is 6.45. The number of hydrogen-bond donors (Lipinski definition) is 1. The van der Waals surface area contributed by atoms with Gasteiger partial charge in [0.15, 0.2) is 0 Å². The fourth-order valence-electron chi connectivity index (χ4n) is 2.53. The summed E-state index contributed by atoms with van der Waals surface area (Å²) in [6.07, 6.45) is 0. The van der Waals surface area contributed by atoms with Crippen molar-refractivity contribution in [2.45, 2.75) is 19.6 Å². The number of aliphatic hydroxyl groups excluding tert-OH is 1. The first kappa shape index (κ1) is 18.9. The van der Waals surface area contributed by atoms with E-state index >= 15 is 0 Å². The minimum absolute atomic E-state index is 0.0300. The molecule has 1 aromatic rings. The second kappa shape index (κ2) is 9.10. The van der Waals surface area contributed by atoms with Crippen molar-refractivity contribution in [2.75, 3.05) is 55.5 Å². The van der Waals surface area contributed by atoms with Gasteiger partial charge in [-0.3, -0.25) is 0 Å². The summed E-state index contributed by atoms with van der Waals surface area (Å²) in [5, 5.41) is 9.09. The van der Waals surface area contributed by atoms with Crippen molar-refractivity contribution in [3.63, 3.8) is 0 Å². The van der Waals surface area contributed by atoms with Crippen LogP contribution in [0.4, 0.5) is 0 Å². The van der Waals surface area contributed by atoms with Gasteiger partial charge in [0.25, 0.3) is 0 Å². The van der Waals surface area contributed by atoms with Crippen molar-refractivity contribution in [3.05, 3.63) is 28.8 Å². The van der Waals surface area contributed by atoms with Crippen LogP contribution in [0.2, 0.25) is 0 Å². The third-order valence-corrected chi connectivity index (χ3v) is 3.11. The summed E-state index contributed by atoms with van der Waals surface area (Å²) in [5.41, 5.74) is 3.64. The van der Waals surface area contributed by atoms with E-state index in [2.05, 4.69) is 69.1 Å². The molecule has 0 saturated heterocycles. The maximum Gasteiger partial charge on any atom is 0.128 e. The Kier molecular flexibility index (Phi) is 7.82. The van der Waals surface area contributed by atoms with Crippen molar-refractivity contribution in [1.82, 2.24) is 14.7 Å². The van der Waals surface area contributed by atoms with Crippen LogP contribution in [-0.4, -0.2) is 75.3 Å². The Morgan fingerprint density at radius 1 is 0.818 bits per heavy atom. The molecule has 1 aromatic carbocycles. The van der Waals surface area contributed by atoms with Crippen LogP contribution in [0, 0.1) is 0 Å². The molecule has 5 nitrogen and oxygen atoms in total. The maximum atomic E-state index is 9.09. The Morgan fingerprint density at radius 2 is 1.27 bits per heavy atom. The molecule has 0 unspecified atom stereocenters. The minimum atomic E-state index is 0.0300. The van der Waals surface area contributed by atoms with Crippen LogP contribution in [0.5, 0.6) is 5.75 Å². The molecule has 0 aliphatic heterocycles. The van der Waals surface area contributed by atoms with Crippen LogP contribution in [0.25, 0.3) is 0 Å². The molecule has 0 spiro atoms. The average molecular weight is 309 g/mol. The Morgan fingerprint density at radius 3 is 1.64 bits per heavy atom. The number of aliphatic hydroxyl groups is 1. The van der Waals surface area contributed by atoms with E-state index in [1.807, 2.05) is 0 Å². The van der Waals surface area contributed by atoms with Crippen LogP contribution in [0.15, 0.2) is 12.1 Å². The van der Waals surface area contributed by atoms with Crippen LogP contribution in [-0.2, 0) is 19.6 Å². The summed E-state index contributed by atoms with van der Waals surface area (Å²) in [7, 11) is 12.4. The summed E-state index contributed by atoms with van der Waals surface area (Å²) < 4.78 is 5.86. The van der Waals surface area contributed by atoms with Crippen LogP contribution in [0.1, 0.15) is 16.7 Å². The van der Waals surface area contributed by atoms with Crippen molar-refractivity contribution in [2.24, 2.45) is 0 Å². The van der Waals surface area contributed by atoms with E-state index < -0.39 is 0 Å². The second-order valence-electron chi connectivity index (χ2n) is 6.53. The summed E-state index contributed by atoms with van der Waals surface area (Å²) >= 11 is 0. The molecule has 0 amide bonds. The summed E-state index contributed by atoms with van der Waals surface area (Å²) in [5.74, 6) is 0.916. The van der Waals surface area contributed by atoms with Gasteiger partial charge >= 0.3 is 0 Å². The smallest absolute Gasteiger partial charge is 0.128 e. The molecule has 0 radical (unpaired) electrons. The van der Waals surface area contributed by atoms with E-state index in [9.17, 15) is 0 Å². The molecule has 22 heavy (non-hydrogen) atoms. The zero-order valence-corrected chi connectivity index (χ0v) is 14.9. The highest BCUT2D eigenvalue weighted by atomic mass is 16.5. The molecule has 0 aliphatic carbocycles. The molecule has 0 fully saturated rings. The highest BCUT2D eigenvalue weighted by molar-refractivity contribution is 5.45. The zero-order chi connectivity index (χ0) is 16.7. The van der Waals surface area contributed by atoms with E-state index in [4.69, 9.17) is 9.84 Å². The standard InChI is InChI=1S/C17H31N3O2/c1-18(2)11-14-9-15(12-19(3)4)17(22-8-7-21)16(10-14)13-20(5)6/h9-10,21H,7-8,11-13H2,1-6H3. The lowest BCUT2D eigenvalue weighted by molar-refractivity contribution is 0.196. The Labute approximate surface area is 135 Å². The lowest BCUT2D eigenvalue weighted by atomic mass is 10.0. The van der Waals surface area contributed by atoms with Gasteiger partial charge in [-0.15, -0.1) is 0 Å². The Balaban J connectivity index is 3.25. The highest BCUT2D eigenvalue weighted by Gasteiger charge is 2.14. The van der Waals surface area contributed by atoms with Gasteiger partial charge in [-0.1, -0.05) is 0 Å². The van der Waals surface area contributed by atoms with Gasteiger partial charge in [-0.25, -0.2) is 0 Å². The summed E-state index contributed by atoms with van der Waals surface area (Å²) in [6, 6.07) is 4.43. The molecule has 1 rings (SSSR count). The number of nitrogens with zero attached hydrogens (tertiary/aromatic N) is 3. The quantitative estimate of drug-likeness (QED) is 0.743. The third kappa shape index (κ3) is 6.32. The van der Waals surface area contributed by atoms with Crippen molar-refractivity contribution < 1.29 is 9.84 Å². The molecule has 0 aromatic heterocycles. The SMILES string of the molecule is CN(C)Cc1cc(CN(C)C)c(OCCO)c(CN(C)C)c1. The first-order valence-corrected chi connectivity index (χ1v) is 7.66. The third-order valence-electron chi connectivity index (χ3n) is 3.11. The molecular formula is C17H31N3O2. The number of ether oxygens (including phenoxy) is 1. The first-order valence-electron chi connectivity index (χ1n) is 7.66. The molecule has 0 bridgehead atoms. The number of benzene rings is 1. The molecule has 126 valence electrons. The normalized spacial score (nSPS) is 11.7. The van der Waals surface area contributed by atoms with E-state index in [1.54, 1.807) is 0 Å². The van der Waals surface area contributed by atoms with E-state index in [0.717, 1.165) is 25.4 Å². The van der Waals surface area contributed by atoms with Crippen molar-refractivity contribution in [3.8, 4) is 5.75 Å². The van der Waals surface area contributed by atoms with Crippen molar-refractivity contribution >= 4 is 0 Å². The van der Waals surface area contributed by atoms with E-state index in [1.165, 1.54) is 16.7 Å². The molecule has 0 aliphatic rings. The van der Waals surface area contributed by atoms with Gasteiger partial charge in [-0.05, 0) is 60.0 Å². The fraction of sp³-hybridized carbons (Fsp3) is 0.647. The van der Waals surface area contributed by atoms with Gasteiger partial charge in [0.1, 0.15) is 12.4 Å². The predicted octanol–water partition coefficient (Wildman–Crippen LogP) is 1.24. The fourth-order valence-corrected chi connectivity index (χ4v) is 2.53. The predicted molar refractivity (Wildman–Crippen MR) is 91.2 cm³/mol. The van der Waals surface area contributed by atoms with Crippen LogP contribution >= 0.6 is 0 Å². The van der Waals surface area contributed by atoms with E-state index in [0.29, 0.717) is 6.61 Å². The van der Waals surface area contributed by atoms with Gasteiger partial charge < -0.3 is 24.5 Å². The van der Waals surface area contributed by atoms with Gasteiger partial charge in [0, 0.05) is 30.8 Å². The molecule has 0 saturated carbocycles. The Hall–Kier alpha value is -1.14. The van der Waals surface area contributed by atoms with Gasteiger partial charge in [0.2, 0.25) is 0 Å². The molecule has 0 heterocycles. The largest absolute Gasteiger partial charge is 0.491 e. The number of rotatable bonds is 9. The molecule has 5 heteroatoms. The topological polar surface area (TPSA) is 39.2 Å². The average Bonchev–Trinajstić information content (AvgIpc) is 2.35. The first-order chi connectivity index (χ1) is 10.3. The summed E-state index contributed by atoms with van der Waals surface area (Å²) in [6.45, 7) is 2.90. The van der Waals surface area contributed by atoms with Gasteiger partial charge in [0.05, 0.1) is 6.61 Å². The van der Waals surface area contributed by atoms with Crippen molar-refractivity contribution in [1.29, 1.82) is 0 Å². The number of hydrogen-bond acceptors (Lipinski definition) is 5. The van der Waals surface area contributed by atoms with E-state index in [-0.39, 0.29) is 6.61 Å². The zero-order valence-electron chi connectivity index (χ0n) is 14.9. The molecular weight excluding hydrogens is 278 g/mol. The lowest BCUT2D eigenvalue weighted by Gasteiger charge is -2.22. The lowest BCUT2D eigenvalue weighted by Crippen LogP contribution is -2.18. The minimum Gasteiger partial charge on any atom is -0.491 e. The van der Waals surface area contributed by atoms with Crippen LogP contribution < -0.4 is 4.74 Å². The van der Waals surface area contributed by atoms with Gasteiger partial charge in [-0.2, -0.15) is 0 Å². The monoisotopic (exact) mass is 309 g/mol. The Bertz CT molecular complexity index is 428. The second-order valence-corrected chi connectivity index (χ2v) is 6.53. The molecule has 0 atom stereocenters.